The lowest BCUT2D eigenvalue weighted by atomic mass is 10.3. The maximum atomic E-state index is 2.32. The van der Waals surface area contributed by atoms with Crippen LogP contribution in [0.1, 0.15) is 13.8 Å². The average Bonchev–Trinajstić information content (AvgIpc) is 2.76. The number of allylic oxidation sites excluding steroid dienone is 1. The molecule has 0 saturated heterocycles. The predicted octanol–water partition coefficient (Wildman–Crippen LogP) is 4.69. The third-order valence-corrected chi connectivity index (χ3v) is 5.64. The van der Waals surface area contributed by atoms with Crippen LogP contribution in [0.3, 0.4) is 0 Å². The fraction of sp³-hybridized carbons (Fsp3) is 0.231. The van der Waals surface area contributed by atoms with Crippen LogP contribution in [0.5, 0.6) is 0 Å². The third-order valence-electron chi connectivity index (χ3n) is 2.77. The molecule has 2 aromatic rings. The zero-order valence-electron chi connectivity index (χ0n) is 9.57. The standard InChI is InChI=1S/C13H13NS2/c1-8(2)12-14(3)13-11(16-12)9-6-4-5-7-10(9)15-13/h4-7H,1-3H3. The van der Waals surface area contributed by atoms with Gasteiger partial charge in [-0.05, 0) is 25.5 Å². The number of anilines is 1. The normalized spacial score (nSPS) is 14.7. The van der Waals surface area contributed by atoms with Crippen molar-refractivity contribution in [1.82, 2.24) is 0 Å². The Morgan fingerprint density at radius 2 is 1.94 bits per heavy atom. The summed E-state index contributed by atoms with van der Waals surface area (Å²) in [5.41, 5.74) is 1.39. The topological polar surface area (TPSA) is 3.24 Å². The van der Waals surface area contributed by atoms with Crippen LogP contribution in [0.2, 0.25) is 0 Å². The highest BCUT2D eigenvalue weighted by molar-refractivity contribution is 8.04. The molecule has 0 saturated carbocycles. The van der Waals surface area contributed by atoms with Gasteiger partial charge in [0.1, 0.15) is 5.00 Å². The van der Waals surface area contributed by atoms with Crippen LogP contribution in [0.4, 0.5) is 5.00 Å². The molecule has 3 rings (SSSR count). The van der Waals surface area contributed by atoms with Crippen LogP contribution in [-0.4, -0.2) is 7.05 Å². The first kappa shape index (κ1) is 10.2. The van der Waals surface area contributed by atoms with Crippen LogP contribution in [-0.2, 0) is 0 Å². The molecule has 3 heteroatoms. The molecule has 1 aliphatic heterocycles. The van der Waals surface area contributed by atoms with Crippen molar-refractivity contribution in [2.75, 3.05) is 11.9 Å². The van der Waals surface area contributed by atoms with Crippen molar-refractivity contribution in [1.29, 1.82) is 0 Å². The second kappa shape index (κ2) is 3.54. The van der Waals surface area contributed by atoms with E-state index in [9.17, 15) is 0 Å². The summed E-state index contributed by atoms with van der Waals surface area (Å²) in [6, 6.07) is 8.66. The minimum absolute atomic E-state index is 1.38. The Bertz CT molecular complexity index is 591. The fourth-order valence-electron chi connectivity index (χ4n) is 2.02. The zero-order chi connectivity index (χ0) is 11.3. The SMILES string of the molecule is CC(C)=C1Sc2c(sc3ccccc23)N1C. The van der Waals surface area contributed by atoms with Crippen molar-refractivity contribution in [2.24, 2.45) is 0 Å². The van der Waals surface area contributed by atoms with E-state index in [1.54, 1.807) is 0 Å². The Balaban J connectivity index is 2.26. The number of hydrogen-bond acceptors (Lipinski definition) is 3. The van der Waals surface area contributed by atoms with Gasteiger partial charge in [-0.2, -0.15) is 0 Å². The molecule has 0 aliphatic carbocycles. The van der Waals surface area contributed by atoms with E-state index in [1.165, 1.54) is 30.6 Å². The number of thioether (sulfide) groups is 1. The highest BCUT2D eigenvalue weighted by atomic mass is 32.2. The van der Waals surface area contributed by atoms with Crippen LogP contribution in [0.15, 0.2) is 39.8 Å². The zero-order valence-corrected chi connectivity index (χ0v) is 11.2. The molecule has 0 spiro atoms. The Labute approximate surface area is 104 Å². The highest BCUT2D eigenvalue weighted by Crippen LogP contribution is 2.54. The Hall–Kier alpha value is -0.930. The van der Waals surface area contributed by atoms with E-state index in [-0.39, 0.29) is 0 Å². The lowest BCUT2D eigenvalue weighted by Crippen LogP contribution is -2.09. The van der Waals surface area contributed by atoms with Gasteiger partial charge in [-0.25, -0.2) is 0 Å². The van der Waals surface area contributed by atoms with Gasteiger partial charge in [0, 0.05) is 17.1 Å². The molecule has 1 aromatic heterocycles. The van der Waals surface area contributed by atoms with E-state index in [4.69, 9.17) is 0 Å². The lowest BCUT2D eigenvalue weighted by Gasteiger charge is -2.13. The molecule has 16 heavy (non-hydrogen) atoms. The first-order chi connectivity index (χ1) is 7.68. The quantitative estimate of drug-likeness (QED) is 0.664. The van der Waals surface area contributed by atoms with Gasteiger partial charge >= 0.3 is 0 Å². The molecular formula is C13H13NS2. The van der Waals surface area contributed by atoms with Gasteiger partial charge in [0.25, 0.3) is 0 Å². The van der Waals surface area contributed by atoms with Crippen LogP contribution < -0.4 is 4.90 Å². The maximum Gasteiger partial charge on any atom is 0.111 e. The summed E-state index contributed by atoms with van der Waals surface area (Å²) in [6.07, 6.45) is 0. The minimum Gasteiger partial charge on any atom is -0.330 e. The molecule has 82 valence electrons. The van der Waals surface area contributed by atoms with Gasteiger partial charge in [0.2, 0.25) is 0 Å². The second-order valence-corrected chi connectivity index (χ2v) is 6.23. The summed E-state index contributed by atoms with van der Waals surface area (Å²) in [5.74, 6) is 0. The third kappa shape index (κ3) is 1.31. The lowest BCUT2D eigenvalue weighted by molar-refractivity contribution is 1.17. The van der Waals surface area contributed by atoms with Gasteiger partial charge in [0.05, 0.1) is 9.92 Å². The average molecular weight is 247 g/mol. The molecule has 1 aromatic carbocycles. The smallest absolute Gasteiger partial charge is 0.111 e. The molecule has 0 fully saturated rings. The number of thiophene rings is 1. The summed E-state index contributed by atoms with van der Waals surface area (Å²) in [4.78, 5) is 3.75. The molecule has 1 aliphatic rings. The number of fused-ring (bicyclic) bond motifs is 3. The monoisotopic (exact) mass is 247 g/mol. The van der Waals surface area contributed by atoms with Gasteiger partial charge in [-0.15, -0.1) is 11.3 Å². The molecule has 0 bridgehead atoms. The molecule has 0 unspecified atom stereocenters. The summed E-state index contributed by atoms with van der Waals surface area (Å²) in [7, 11) is 2.16. The van der Waals surface area contributed by atoms with Gasteiger partial charge in [0.15, 0.2) is 0 Å². The molecule has 0 atom stereocenters. The Morgan fingerprint density at radius 1 is 1.19 bits per heavy atom. The van der Waals surface area contributed by atoms with E-state index in [1.807, 2.05) is 23.1 Å². The van der Waals surface area contributed by atoms with E-state index in [0.29, 0.717) is 0 Å². The van der Waals surface area contributed by atoms with E-state index < -0.39 is 0 Å². The second-order valence-electron chi connectivity index (χ2n) is 4.20. The Morgan fingerprint density at radius 3 is 2.69 bits per heavy atom. The molecular weight excluding hydrogens is 234 g/mol. The fourth-order valence-corrected chi connectivity index (χ4v) is 4.60. The molecule has 1 nitrogen and oxygen atoms in total. The largest absolute Gasteiger partial charge is 0.330 e. The Kier molecular flexibility index (Phi) is 2.26. The minimum atomic E-state index is 1.38. The molecule has 0 N–H and O–H groups in total. The van der Waals surface area contributed by atoms with E-state index >= 15 is 0 Å². The van der Waals surface area contributed by atoms with E-state index in [2.05, 4.69) is 50.1 Å². The van der Waals surface area contributed by atoms with Crippen LogP contribution in [0, 0.1) is 0 Å². The summed E-state index contributed by atoms with van der Waals surface area (Å²) in [6.45, 7) is 4.36. The van der Waals surface area contributed by atoms with Crippen molar-refractivity contribution < 1.29 is 0 Å². The number of rotatable bonds is 0. The van der Waals surface area contributed by atoms with Crippen molar-refractivity contribution in [3.05, 3.63) is 34.9 Å². The van der Waals surface area contributed by atoms with Gasteiger partial charge in [-0.1, -0.05) is 30.0 Å². The summed E-state index contributed by atoms with van der Waals surface area (Å²) >= 11 is 3.79. The highest BCUT2D eigenvalue weighted by Gasteiger charge is 2.27. The molecule has 0 amide bonds. The summed E-state index contributed by atoms with van der Waals surface area (Å²) < 4.78 is 1.39. The van der Waals surface area contributed by atoms with Crippen molar-refractivity contribution >= 4 is 38.2 Å². The summed E-state index contributed by atoms with van der Waals surface area (Å²) in [5, 5.41) is 4.17. The van der Waals surface area contributed by atoms with Crippen molar-refractivity contribution in [3.8, 4) is 0 Å². The number of benzene rings is 1. The van der Waals surface area contributed by atoms with Crippen molar-refractivity contribution in [2.45, 2.75) is 18.7 Å². The number of nitrogens with zero attached hydrogens (tertiary/aromatic N) is 1. The van der Waals surface area contributed by atoms with Gasteiger partial charge in [-0.3, -0.25) is 0 Å². The first-order valence-electron chi connectivity index (χ1n) is 5.29. The van der Waals surface area contributed by atoms with Gasteiger partial charge < -0.3 is 4.90 Å². The van der Waals surface area contributed by atoms with Crippen LogP contribution in [0.25, 0.3) is 10.1 Å². The molecule has 2 heterocycles. The first-order valence-corrected chi connectivity index (χ1v) is 6.92. The predicted molar refractivity (Wildman–Crippen MR) is 74.5 cm³/mol. The van der Waals surface area contributed by atoms with Crippen LogP contribution >= 0.6 is 23.1 Å². The maximum absolute atomic E-state index is 2.32. The van der Waals surface area contributed by atoms with Crippen molar-refractivity contribution in [3.63, 3.8) is 0 Å². The molecule has 0 radical (unpaired) electrons. The number of hydrogen-bond donors (Lipinski definition) is 0. The van der Waals surface area contributed by atoms with E-state index in [0.717, 1.165) is 0 Å².